The molecule has 0 radical (unpaired) electrons. The van der Waals surface area contributed by atoms with E-state index in [0.29, 0.717) is 24.5 Å². The topological polar surface area (TPSA) is 67.3 Å². The lowest BCUT2D eigenvalue weighted by molar-refractivity contribution is -0.154. The van der Waals surface area contributed by atoms with E-state index < -0.39 is 11.7 Å². The Morgan fingerprint density at radius 1 is 0.970 bits per heavy atom. The second kappa shape index (κ2) is 10.5. The molecule has 0 unspecified atom stereocenters. The number of hydrogen-bond acceptors (Lipinski definition) is 5. The summed E-state index contributed by atoms with van der Waals surface area (Å²) in [6.45, 7) is 4.97. The van der Waals surface area contributed by atoms with Crippen molar-refractivity contribution in [2.24, 2.45) is 0 Å². The number of aliphatic hydroxyl groups excluding tert-OH is 1. The van der Waals surface area contributed by atoms with Gasteiger partial charge in [0.15, 0.2) is 0 Å². The first-order valence-electron chi connectivity index (χ1n) is 11.4. The molecule has 2 aromatic carbocycles. The van der Waals surface area contributed by atoms with Crippen LogP contribution in [0, 0.1) is 5.82 Å². The van der Waals surface area contributed by atoms with Gasteiger partial charge in [-0.25, -0.2) is 4.39 Å². The molecule has 0 aromatic heterocycles. The molecule has 33 heavy (non-hydrogen) atoms. The minimum Gasteiger partial charge on any atom is -0.388 e. The van der Waals surface area contributed by atoms with Gasteiger partial charge in [0.1, 0.15) is 17.5 Å². The fourth-order valence-corrected chi connectivity index (χ4v) is 4.73. The molecule has 178 valence electrons. The second-order valence-corrected chi connectivity index (χ2v) is 9.63. The minimum absolute atomic E-state index is 0.0622. The first kappa shape index (κ1) is 24.1. The van der Waals surface area contributed by atoms with Gasteiger partial charge in [-0.2, -0.15) is 0 Å². The molecule has 2 heterocycles. The van der Waals surface area contributed by atoms with E-state index in [0.717, 1.165) is 43.9 Å². The van der Waals surface area contributed by atoms with Crippen molar-refractivity contribution in [3.05, 3.63) is 70.5 Å². The maximum atomic E-state index is 13.1. The monoisotopic (exact) mass is 475 g/mol. The Morgan fingerprint density at radius 2 is 1.58 bits per heavy atom. The summed E-state index contributed by atoms with van der Waals surface area (Å²) in [4.78, 5) is 18.8. The van der Waals surface area contributed by atoms with Crippen molar-refractivity contribution in [3.8, 4) is 0 Å². The molecule has 2 aliphatic rings. The standard InChI is InChI=1S/C25H31ClFN3O3/c26-21-5-1-19(2-6-21)15-24(32)30-10-9-25(33,23(31)17-30)18-29-13-11-28(12-14-29)16-20-3-7-22(27)8-4-20/h1-8,23,31,33H,9-18H2/t23-,25-/m0/s1. The Bertz CT molecular complexity index is 935. The number of hydrogen-bond donors (Lipinski definition) is 2. The van der Waals surface area contributed by atoms with Crippen LogP contribution in [0.2, 0.25) is 5.02 Å². The van der Waals surface area contributed by atoms with Crippen LogP contribution in [0.1, 0.15) is 17.5 Å². The highest BCUT2D eigenvalue weighted by Crippen LogP contribution is 2.25. The third kappa shape index (κ3) is 6.31. The third-order valence-electron chi connectivity index (χ3n) is 6.73. The molecule has 2 aliphatic heterocycles. The van der Waals surface area contributed by atoms with E-state index in [1.807, 2.05) is 24.3 Å². The van der Waals surface area contributed by atoms with Crippen LogP contribution in [0.15, 0.2) is 48.5 Å². The third-order valence-corrected chi connectivity index (χ3v) is 6.98. The second-order valence-electron chi connectivity index (χ2n) is 9.19. The molecule has 8 heteroatoms. The summed E-state index contributed by atoms with van der Waals surface area (Å²) in [5, 5.41) is 22.5. The molecule has 6 nitrogen and oxygen atoms in total. The number of carbonyl (C=O) groups excluding carboxylic acids is 1. The minimum atomic E-state index is -1.23. The fraction of sp³-hybridized carbons (Fsp3) is 0.480. The van der Waals surface area contributed by atoms with Crippen molar-refractivity contribution in [3.63, 3.8) is 0 Å². The van der Waals surface area contributed by atoms with Gasteiger partial charge in [-0.15, -0.1) is 0 Å². The highest BCUT2D eigenvalue weighted by Gasteiger charge is 2.43. The van der Waals surface area contributed by atoms with Crippen LogP contribution < -0.4 is 0 Å². The van der Waals surface area contributed by atoms with E-state index in [2.05, 4.69) is 9.80 Å². The van der Waals surface area contributed by atoms with Gasteiger partial charge in [-0.3, -0.25) is 14.6 Å². The zero-order valence-electron chi connectivity index (χ0n) is 18.7. The molecule has 2 N–H and O–H groups in total. The van der Waals surface area contributed by atoms with Gasteiger partial charge in [0.25, 0.3) is 0 Å². The maximum Gasteiger partial charge on any atom is 0.227 e. The van der Waals surface area contributed by atoms with E-state index in [4.69, 9.17) is 11.6 Å². The number of carbonyl (C=O) groups is 1. The Balaban J connectivity index is 1.24. The number of piperidine rings is 1. The maximum absolute atomic E-state index is 13.1. The van der Waals surface area contributed by atoms with Crippen molar-refractivity contribution in [2.75, 3.05) is 45.8 Å². The molecular formula is C25H31ClFN3O3. The van der Waals surface area contributed by atoms with E-state index in [9.17, 15) is 19.4 Å². The predicted octanol–water partition coefficient (Wildman–Crippen LogP) is 2.16. The molecule has 2 saturated heterocycles. The van der Waals surface area contributed by atoms with Gasteiger partial charge >= 0.3 is 0 Å². The molecule has 2 fully saturated rings. The SMILES string of the molecule is O=C(Cc1ccc(Cl)cc1)N1CC[C@](O)(CN2CCN(Cc3ccc(F)cc3)CC2)[C@@H](O)C1. The summed E-state index contributed by atoms with van der Waals surface area (Å²) in [5.74, 6) is -0.291. The Labute approximate surface area is 199 Å². The van der Waals surface area contributed by atoms with E-state index >= 15 is 0 Å². The number of likely N-dealkylation sites (tertiary alicyclic amines) is 1. The molecule has 4 rings (SSSR count). The lowest BCUT2D eigenvalue weighted by Crippen LogP contribution is -2.62. The average Bonchev–Trinajstić information content (AvgIpc) is 2.80. The molecule has 2 aromatic rings. The Morgan fingerprint density at radius 3 is 2.21 bits per heavy atom. The first-order valence-corrected chi connectivity index (χ1v) is 11.8. The molecule has 0 aliphatic carbocycles. The molecular weight excluding hydrogens is 445 g/mol. The lowest BCUT2D eigenvalue weighted by Gasteiger charge is -2.46. The van der Waals surface area contributed by atoms with Crippen LogP contribution in [0.4, 0.5) is 4.39 Å². The van der Waals surface area contributed by atoms with Gasteiger partial charge in [0, 0.05) is 57.4 Å². The van der Waals surface area contributed by atoms with Gasteiger partial charge in [0.2, 0.25) is 5.91 Å². The summed E-state index contributed by atoms with van der Waals surface area (Å²) >= 11 is 5.90. The van der Waals surface area contributed by atoms with Crippen LogP contribution >= 0.6 is 11.6 Å². The first-order chi connectivity index (χ1) is 15.8. The van der Waals surface area contributed by atoms with Crippen LogP contribution in [-0.2, 0) is 17.8 Å². The number of benzene rings is 2. The number of amides is 1. The Hall–Kier alpha value is -2.03. The van der Waals surface area contributed by atoms with Gasteiger partial charge < -0.3 is 15.1 Å². The Kier molecular flexibility index (Phi) is 7.66. The molecule has 2 atom stereocenters. The zero-order valence-corrected chi connectivity index (χ0v) is 19.4. The van der Waals surface area contributed by atoms with E-state index in [1.165, 1.54) is 12.1 Å². The number of nitrogens with zero attached hydrogens (tertiary/aromatic N) is 3. The van der Waals surface area contributed by atoms with Crippen LogP contribution in [0.3, 0.4) is 0 Å². The summed E-state index contributed by atoms with van der Waals surface area (Å²) in [7, 11) is 0. The highest BCUT2D eigenvalue weighted by molar-refractivity contribution is 6.30. The van der Waals surface area contributed by atoms with Gasteiger partial charge in [0.05, 0.1) is 6.42 Å². The van der Waals surface area contributed by atoms with E-state index in [-0.39, 0.29) is 24.7 Å². The average molecular weight is 476 g/mol. The molecule has 0 bridgehead atoms. The van der Waals surface area contributed by atoms with Crippen LogP contribution in [0.5, 0.6) is 0 Å². The molecule has 0 spiro atoms. The summed E-state index contributed by atoms with van der Waals surface area (Å²) in [5.41, 5.74) is 0.726. The summed E-state index contributed by atoms with van der Waals surface area (Å²) < 4.78 is 13.1. The van der Waals surface area contributed by atoms with Crippen molar-refractivity contribution < 1.29 is 19.4 Å². The number of β-amino-alcohol motifs (C(OH)–C–C–N with tert-alkyl or cyclic N) is 2. The summed E-state index contributed by atoms with van der Waals surface area (Å²) in [6, 6.07) is 13.7. The largest absolute Gasteiger partial charge is 0.388 e. The van der Waals surface area contributed by atoms with Crippen molar-refractivity contribution in [1.29, 1.82) is 0 Å². The summed E-state index contributed by atoms with van der Waals surface area (Å²) in [6.07, 6.45) is -0.396. The van der Waals surface area contributed by atoms with Crippen LogP contribution in [-0.4, -0.2) is 88.3 Å². The van der Waals surface area contributed by atoms with Crippen molar-refractivity contribution in [2.45, 2.75) is 31.1 Å². The smallest absolute Gasteiger partial charge is 0.227 e. The zero-order chi connectivity index (χ0) is 23.4. The van der Waals surface area contributed by atoms with Crippen molar-refractivity contribution in [1.82, 2.24) is 14.7 Å². The normalized spacial score (nSPS) is 24.7. The van der Waals surface area contributed by atoms with Gasteiger partial charge in [-0.1, -0.05) is 35.9 Å². The quantitative estimate of drug-likeness (QED) is 0.670. The van der Waals surface area contributed by atoms with E-state index in [1.54, 1.807) is 17.0 Å². The van der Waals surface area contributed by atoms with Gasteiger partial charge in [-0.05, 0) is 41.8 Å². The predicted molar refractivity (Wildman–Crippen MR) is 125 cm³/mol. The number of aliphatic hydroxyl groups is 2. The molecule has 0 saturated carbocycles. The number of rotatable bonds is 6. The number of piperazine rings is 1. The highest BCUT2D eigenvalue weighted by atomic mass is 35.5. The number of halogens is 2. The van der Waals surface area contributed by atoms with Crippen LogP contribution in [0.25, 0.3) is 0 Å². The fourth-order valence-electron chi connectivity index (χ4n) is 4.61. The molecule has 1 amide bonds. The lowest BCUT2D eigenvalue weighted by atomic mass is 9.87. The van der Waals surface area contributed by atoms with Crippen molar-refractivity contribution >= 4 is 17.5 Å².